The third-order valence-corrected chi connectivity index (χ3v) is 7.93. The van der Waals surface area contributed by atoms with Gasteiger partial charge < -0.3 is 18.8 Å². The molecule has 2 unspecified atom stereocenters. The van der Waals surface area contributed by atoms with Crippen LogP contribution in [0.5, 0.6) is 0 Å². The van der Waals surface area contributed by atoms with Crippen molar-refractivity contribution in [3.05, 3.63) is 120 Å². The Labute approximate surface area is 263 Å². The van der Waals surface area contributed by atoms with Crippen molar-refractivity contribution in [2.24, 2.45) is 0 Å². The summed E-state index contributed by atoms with van der Waals surface area (Å²) in [6, 6.07) is 33.2. The summed E-state index contributed by atoms with van der Waals surface area (Å²) in [7, 11) is 0. The largest absolute Gasteiger partial charge is 0.528 e. The molecule has 0 aliphatic carbocycles. The zero-order chi connectivity index (χ0) is 31.2. The molecule has 1 saturated heterocycles. The predicted molar refractivity (Wildman–Crippen MR) is 172 cm³/mol. The van der Waals surface area contributed by atoms with E-state index in [1.165, 1.54) is 21.9 Å². The standard InChI is InChI=1S/C37H39N3O5/c1-37(2,3)43-36(41)45-40-22-21-32(33(24-40)42-25-27-15-17-28-9-7-8-12-31(28)23-27)29-18-13-26(14-19-29)16-20-34-38-35(44-39-34)30-10-5-4-6-11-30/h4-15,17-19,23,32-33H,16,20-22,24-25H2,1-3H3. The molecular weight excluding hydrogens is 566 g/mol. The first-order valence-corrected chi connectivity index (χ1v) is 15.5. The van der Waals surface area contributed by atoms with E-state index in [1.54, 1.807) is 5.06 Å². The molecular formula is C37H39N3O5. The molecule has 0 amide bonds. The Bertz CT molecular complexity index is 1710. The van der Waals surface area contributed by atoms with Gasteiger partial charge in [0.05, 0.1) is 19.3 Å². The maximum absolute atomic E-state index is 12.4. The third kappa shape index (κ3) is 8.15. The van der Waals surface area contributed by atoms with E-state index in [-0.39, 0.29) is 12.0 Å². The minimum atomic E-state index is -0.698. The Hall–Kier alpha value is -4.53. The molecule has 45 heavy (non-hydrogen) atoms. The van der Waals surface area contributed by atoms with Crippen molar-refractivity contribution in [2.45, 2.75) is 64.3 Å². The number of fused-ring (bicyclic) bond motifs is 1. The van der Waals surface area contributed by atoms with Gasteiger partial charge in [0, 0.05) is 24.4 Å². The number of nitrogens with zero attached hydrogens (tertiary/aromatic N) is 3. The van der Waals surface area contributed by atoms with Crippen LogP contribution in [0.25, 0.3) is 22.2 Å². The summed E-state index contributed by atoms with van der Waals surface area (Å²) >= 11 is 0. The maximum atomic E-state index is 12.4. The summed E-state index contributed by atoms with van der Waals surface area (Å²) in [4.78, 5) is 22.6. The maximum Gasteiger partial charge on any atom is 0.528 e. The molecule has 1 aliphatic heterocycles. The van der Waals surface area contributed by atoms with E-state index in [0.717, 1.165) is 24.0 Å². The smallest absolute Gasteiger partial charge is 0.427 e. The van der Waals surface area contributed by atoms with Crippen molar-refractivity contribution in [3.8, 4) is 11.5 Å². The van der Waals surface area contributed by atoms with Crippen molar-refractivity contribution in [3.63, 3.8) is 0 Å². The summed E-state index contributed by atoms with van der Waals surface area (Å²) in [5.74, 6) is 1.37. The number of hydroxylamine groups is 2. The fourth-order valence-corrected chi connectivity index (χ4v) is 5.67. The summed E-state index contributed by atoms with van der Waals surface area (Å²) in [6.45, 7) is 6.96. The molecule has 0 bridgehead atoms. The van der Waals surface area contributed by atoms with Gasteiger partial charge in [-0.25, -0.2) is 4.79 Å². The number of benzene rings is 4. The van der Waals surface area contributed by atoms with Crippen LogP contribution in [0, 0.1) is 0 Å². The molecule has 1 aliphatic rings. The number of carbonyl (C=O) groups excluding carboxylic acids is 1. The fourth-order valence-electron chi connectivity index (χ4n) is 5.67. The quantitative estimate of drug-likeness (QED) is 0.157. The zero-order valence-electron chi connectivity index (χ0n) is 26.0. The Morgan fingerprint density at radius 1 is 0.889 bits per heavy atom. The average Bonchev–Trinajstić information content (AvgIpc) is 3.52. The third-order valence-electron chi connectivity index (χ3n) is 7.93. The first-order chi connectivity index (χ1) is 21.8. The van der Waals surface area contributed by atoms with Gasteiger partial charge in [0.25, 0.3) is 5.89 Å². The van der Waals surface area contributed by atoms with E-state index in [4.69, 9.17) is 18.8 Å². The van der Waals surface area contributed by atoms with Crippen LogP contribution in [-0.4, -0.2) is 46.2 Å². The van der Waals surface area contributed by atoms with Gasteiger partial charge in [-0.15, -0.1) is 5.06 Å². The lowest BCUT2D eigenvalue weighted by Crippen LogP contribution is -2.45. The number of piperidine rings is 1. The second-order valence-electron chi connectivity index (χ2n) is 12.5. The molecule has 0 saturated carbocycles. The van der Waals surface area contributed by atoms with Crippen LogP contribution in [0.4, 0.5) is 4.79 Å². The van der Waals surface area contributed by atoms with Gasteiger partial charge >= 0.3 is 6.16 Å². The molecule has 232 valence electrons. The molecule has 0 N–H and O–H groups in total. The first kappa shape index (κ1) is 30.5. The summed E-state index contributed by atoms with van der Waals surface area (Å²) in [6.07, 6.45) is 1.38. The van der Waals surface area contributed by atoms with Gasteiger partial charge in [-0.05, 0) is 79.3 Å². The van der Waals surface area contributed by atoms with Crippen molar-refractivity contribution < 1.29 is 23.6 Å². The minimum absolute atomic E-state index is 0.142. The Balaban J connectivity index is 1.12. The highest BCUT2D eigenvalue weighted by Gasteiger charge is 2.34. The molecule has 8 nitrogen and oxygen atoms in total. The normalized spacial score (nSPS) is 17.3. The number of ether oxygens (including phenoxy) is 2. The number of aryl methyl sites for hydroxylation is 2. The Kier molecular flexibility index (Phi) is 9.23. The molecule has 1 fully saturated rings. The average molecular weight is 606 g/mol. The highest BCUT2D eigenvalue weighted by molar-refractivity contribution is 5.82. The number of carbonyl (C=O) groups is 1. The molecule has 2 heterocycles. The summed E-state index contributed by atoms with van der Waals surface area (Å²) in [5, 5.41) is 8.21. The molecule has 0 radical (unpaired) electrons. The van der Waals surface area contributed by atoms with Crippen LogP contribution in [0.1, 0.15) is 55.6 Å². The number of aromatic nitrogens is 2. The SMILES string of the molecule is CC(C)(C)OC(=O)ON1CCC(c2ccc(CCc3noc(-c4ccccc4)n3)cc2)C(OCc2ccc3ccccc3c2)C1. The Morgan fingerprint density at radius 3 is 2.40 bits per heavy atom. The minimum Gasteiger partial charge on any atom is -0.427 e. The molecule has 0 spiro atoms. The van der Waals surface area contributed by atoms with Crippen LogP contribution in [0.15, 0.2) is 102 Å². The number of hydrogen-bond donors (Lipinski definition) is 0. The van der Waals surface area contributed by atoms with Crippen LogP contribution < -0.4 is 0 Å². The monoisotopic (exact) mass is 605 g/mol. The van der Waals surface area contributed by atoms with E-state index >= 15 is 0 Å². The molecule has 5 aromatic rings. The molecule has 1 aromatic heterocycles. The van der Waals surface area contributed by atoms with E-state index in [2.05, 4.69) is 64.7 Å². The Morgan fingerprint density at radius 2 is 1.62 bits per heavy atom. The predicted octanol–water partition coefficient (Wildman–Crippen LogP) is 7.92. The van der Waals surface area contributed by atoms with Gasteiger partial charge in [0.2, 0.25) is 0 Å². The van der Waals surface area contributed by atoms with Gasteiger partial charge in [-0.3, -0.25) is 0 Å². The van der Waals surface area contributed by atoms with E-state index in [0.29, 0.717) is 37.8 Å². The second-order valence-corrected chi connectivity index (χ2v) is 12.5. The van der Waals surface area contributed by atoms with E-state index in [1.807, 2.05) is 63.2 Å². The summed E-state index contributed by atoms with van der Waals surface area (Å²) < 4.78 is 17.4. The van der Waals surface area contributed by atoms with Gasteiger partial charge in [-0.1, -0.05) is 84.0 Å². The molecule has 4 aromatic carbocycles. The van der Waals surface area contributed by atoms with E-state index in [9.17, 15) is 4.79 Å². The van der Waals surface area contributed by atoms with Crippen molar-refractivity contribution >= 4 is 16.9 Å². The van der Waals surface area contributed by atoms with Crippen LogP contribution in [-0.2, 0) is 33.8 Å². The van der Waals surface area contributed by atoms with Crippen molar-refractivity contribution in [2.75, 3.05) is 13.1 Å². The molecule has 2 atom stereocenters. The first-order valence-electron chi connectivity index (χ1n) is 15.5. The van der Waals surface area contributed by atoms with Crippen molar-refractivity contribution in [1.29, 1.82) is 0 Å². The summed E-state index contributed by atoms with van der Waals surface area (Å²) in [5.41, 5.74) is 3.79. The highest BCUT2D eigenvalue weighted by atomic mass is 16.8. The zero-order valence-corrected chi connectivity index (χ0v) is 26.0. The van der Waals surface area contributed by atoms with Gasteiger partial charge in [0.1, 0.15) is 5.60 Å². The topological polar surface area (TPSA) is 86.9 Å². The van der Waals surface area contributed by atoms with Crippen LogP contribution >= 0.6 is 0 Å². The molecule has 8 heteroatoms. The van der Waals surface area contributed by atoms with Gasteiger partial charge in [-0.2, -0.15) is 4.98 Å². The number of hydrogen-bond acceptors (Lipinski definition) is 8. The van der Waals surface area contributed by atoms with Crippen LogP contribution in [0.3, 0.4) is 0 Å². The van der Waals surface area contributed by atoms with Crippen LogP contribution in [0.2, 0.25) is 0 Å². The highest BCUT2D eigenvalue weighted by Crippen LogP contribution is 2.32. The molecule has 6 rings (SSSR count). The van der Waals surface area contributed by atoms with Gasteiger partial charge in [0.15, 0.2) is 5.82 Å². The fraction of sp³-hybridized carbons (Fsp3) is 0.324. The van der Waals surface area contributed by atoms with E-state index < -0.39 is 11.8 Å². The second kappa shape index (κ2) is 13.6. The number of rotatable bonds is 9. The lowest BCUT2D eigenvalue weighted by molar-refractivity contribution is -0.179. The lowest BCUT2D eigenvalue weighted by atomic mass is 9.87. The van der Waals surface area contributed by atoms with Crippen molar-refractivity contribution in [1.82, 2.24) is 15.2 Å². The lowest BCUT2D eigenvalue weighted by Gasteiger charge is -2.37.